The first-order valence-electron chi connectivity index (χ1n) is 12.5. The van der Waals surface area contributed by atoms with Gasteiger partial charge in [-0.05, 0) is 43.4 Å². The molecule has 198 valence electrons. The Labute approximate surface area is 212 Å². The van der Waals surface area contributed by atoms with Crippen LogP contribution in [0.15, 0.2) is 36.1 Å². The van der Waals surface area contributed by atoms with Gasteiger partial charge in [-0.25, -0.2) is 9.97 Å². The van der Waals surface area contributed by atoms with Gasteiger partial charge in [-0.3, -0.25) is 4.79 Å². The number of nitrogens with zero attached hydrogens (tertiary/aromatic N) is 2. The standard InChI is InChI=1S/C12H21N.C9H7N3O2.C3H8O.2C2H6/c1-12(2,3)11-7-5-10(6-8-11)9-13-4;13-2-1-8-11-7-3-6(5-14)4-10-9(7)12-8;1-3-4-2;2*1-2/h5-7,11,13H,8-9H2,1-4H3;2-5H,1H2,(H,10,11,12);3H2,1-2H3;2*1-2H3. The summed E-state index contributed by atoms with van der Waals surface area (Å²) in [5.41, 5.74) is 3.50. The Morgan fingerprint density at radius 2 is 1.83 bits per heavy atom. The van der Waals surface area contributed by atoms with Crippen LogP contribution in [0.25, 0.3) is 11.2 Å². The summed E-state index contributed by atoms with van der Waals surface area (Å²) < 4.78 is 4.54. The molecule has 7 heteroatoms. The molecule has 2 N–H and O–H groups in total. The van der Waals surface area contributed by atoms with Gasteiger partial charge in [0.1, 0.15) is 12.1 Å². The van der Waals surface area contributed by atoms with Crippen molar-refractivity contribution in [1.29, 1.82) is 0 Å². The van der Waals surface area contributed by atoms with Crippen LogP contribution in [-0.2, 0) is 16.0 Å². The minimum atomic E-state index is 0.229. The number of fused-ring (bicyclic) bond motifs is 1. The van der Waals surface area contributed by atoms with Gasteiger partial charge in [0.15, 0.2) is 11.9 Å². The minimum absolute atomic E-state index is 0.229. The van der Waals surface area contributed by atoms with Crippen molar-refractivity contribution < 1.29 is 14.3 Å². The highest BCUT2D eigenvalue weighted by atomic mass is 16.5. The number of carbonyl (C=O) groups is 2. The molecule has 1 unspecified atom stereocenters. The van der Waals surface area contributed by atoms with Crippen LogP contribution in [0.4, 0.5) is 0 Å². The van der Waals surface area contributed by atoms with Crippen LogP contribution in [0.2, 0.25) is 0 Å². The van der Waals surface area contributed by atoms with E-state index in [0.717, 1.165) is 19.4 Å². The lowest BCUT2D eigenvalue weighted by molar-refractivity contribution is -0.107. The van der Waals surface area contributed by atoms with Crippen molar-refractivity contribution in [3.63, 3.8) is 0 Å². The molecular weight excluding hydrogens is 440 g/mol. The molecule has 0 aromatic carbocycles. The molecule has 3 rings (SSSR count). The third kappa shape index (κ3) is 14.4. The largest absolute Gasteiger partial charge is 0.385 e. The molecular formula is C28H48N4O3. The lowest BCUT2D eigenvalue weighted by Crippen LogP contribution is -2.20. The number of hydrogen-bond acceptors (Lipinski definition) is 6. The van der Waals surface area contributed by atoms with Gasteiger partial charge < -0.3 is 19.8 Å². The van der Waals surface area contributed by atoms with Gasteiger partial charge in [-0.15, -0.1) is 0 Å². The fourth-order valence-corrected chi connectivity index (χ4v) is 2.85. The number of rotatable bonds is 6. The molecule has 1 aliphatic rings. The second-order valence-corrected chi connectivity index (χ2v) is 8.27. The predicted octanol–water partition coefficient (Wildman–Crippen LogP) is 5.97. The van der Waals surface area contributed by atoms with Crippen LogP contribution in [0.3, 0.4) is 0 Å². The second-order valence-electron chi connectivity index (χ2n) is 8.27. The molecule has 2 heterocycles. The van der Waals surface area contributed by atoms with Crippen molar-refractivity contribution in [3.05, 3.63) is 47.5 Å². The molecule has 0 saturated heterocycles. The van der Waals surface area contributed by atoms with Crippen molar-refractivity contribution in [1.82, 2.24) is 20.3 Å². The molecule has 1 aliphatic carbocycles. The molecule has 2 aromatic heterocycles. The van der Waals surface area contributed by atoms with Crippen LogP contribution in [0.5, 0.6) is 0 Å². The first kappa shape index (κ1) is 34.5. The lowest BCUT2D eigenvalue weighted by atomic mass is 9.76. The van der Waals surface area contributed by atoms with Crippen LogP contribution in [-0.4, -0.2) is 54.8 Å². The highest BCUT2D eigenvalue weighted by Crippen LogP contribution is 2.32. The summed E-state index contributed by atoms with van der Waals surface area (Å²) in [7, 11) is 3.67. The van der Waals surface area contributed by atoms with E-state index in [2.05, 4.69) is 64.0 Å². The number of nitrogens with one attached hydrogen (secondary N) is 2. The van der Waals surface area contributed by atoms with Crippen molar-refractivity contribution in [2.75, 3.05) is 27.3 Å². The van der Waals surface area contributed by atoms with Crippen LogP contribution < -0.4 is 5.32 Å². The smallest absolute Gasteiger partial charge is 0.177 e. The summed E-state index contributed by atoms with van der Waals surface area (Å²) in [6.07, 6.45) is 11.3. The molecule has 0 amide bonds. The van der Waals surface area contributed by atoms with Gasteiger partial charge in [0, 0.05) is 32.0 Å². The van der Waals surface area contributed by atoms with Gasteiger partial charge >= 0.3 is 0 Å². The quantitative estimate of drug-likeness (QED) is 0.486. The Hall–Kier alpha value is -2.64. The number of methoxy groups -OCH3 is 1. The topological polar surface area (TPSA) is 97.0 Å². The lowest BCUT2D eigenvalue weighted by Gasteiger charge is -2.29. The van der Waals surface area contributed by atoms with Crippen molar-refractivity contribution in [3.8, 4) is 0 Å². The average Bonchev–Trinajstić information content (AvgIpc) is 3.29. The number of pyridine rings is 1. The molecule has 2 aromatic rings. The Morgan fingerprint density at radius 1 is 1.20 bits per heavy atom. The van der Waals surface area contributed by atoms with E-state index in [4.69, 9.17) is 0 Å². The zero-order chi connectivity index (χ0) is 27.3. The van der Waals surface area contributed by atoms with Gasteiger partial charge in [0.25, 0.3) is 0 Å². The Morgan fingerprint density at radius 3 is 2.26 bits per heavy atom. The number of imidazole rings is 1. The number of carbonyl (C=O) groups excluding carboxylic acids is 2. The summed E-state index contributed by atoms with van der Waals surface area (Å²) in [6.45, 7) is 18.7. The monoisotopic (exact) mass is 488 g/mol. The van der Waals surface area contributed by atoms with Crippen LogP contribution in [0, 0.1) is 11.3 Å². The SMILES string of the molecule is CC.CC.CCOC.CNCC1=CCC(C(C)(C)C)C=C1.O=CCc1nc2ncc(C=O)cc2[nH]1. The Balaban J connectivity index is 0. The van der Waals surface area contributed by atoms with Gasteiger partial charge in [-0.2, -0.15) is 0 Å². The number of aldehydes is 2. The number of hydrogen-bond donors (Lipinski definition) is 2. The van der Waals surface area contributed by atoms with Crippen molar-refractivity contribution in [2.24, 2.45) is 11.3 Å². The maximum atomic E-state index is 10.5. The van der Waals surface area contributed by atoms with E-state index in [1.165, 1.54) is 18.2 Å². The van der Waals surface area contributed by atoms with E-state index in [9.17, 15) is 9.59 Å². The van der Waals surface area contributed by atoms with E-state index in [1.54, 1.807) is 13.2 Å². The van der Waals surface area contributed by atoms with E-state index in [0.29, 0.717) is 40.2 Å². The molecule has 0 fully saturated rings. The van der Waals surface area contributed by atoms with E-state index in [-0.39, 0.29) is 6.42 Å². The molecule has 0 radical (unpaired) electrons. The van der Waals surface area contributed by atoms with Crippen LogP contribution in [0.1, 0.15) is 78.0 Å². The molecule has 0 bridgehead atoms. The number of ether oxygens (including phenoxy) is 1. The van der Waals surface area contributed by atoms with E-state index in [1.807, 2.05) is 41.7 Å². The van der Waals surface area contributed by atoms with Crippen LogP contribution >= 0.6 is 0 Å². The Kier molecular flexibility index (Phi) is 20.4. The van der Waals surface area contributed by atoms with Gasteiger partial charge in [0.05, 0.1) is 11.9 Å². The average molecular weight is 489 g/mol. The Bertz CT molecular complexity index is 878. The van der Waals surface area contributed by atoms with Crippen molar-refractivity contribution >= 4 is 23.7 Å². The molecule has 35 heavy (non-hydrogen) atoms. The molecule has 0 aliphatic heterocycles. The summed E-state index contributed by atoms with van der Waals surface area (Å²) in [6, 6.07) is 1.65. The first-order chi connectivity index (χ1) is 16.8. The van der Waals surface area contributed by atoms with E-state index < -0.39 is 0 Å². The number of allylic oxidation sites excluding steroid dienone is 2. The maximum Gasteiger partial charge on any atom is 0.177 e. The molecule has 0 saturated carbocycles. The number of likely N-dealkylation sites (N-methyl/N-ethyl adjacent to an activating group) is 1. The molecule has 7 nitrogen and oxygen atoms in total. The minimum Gasteiger partial charge on any atom is -0.385 e. The maximum absolute atomic E-state index is 10.5. The third-order valence-corrected chi connectivity index (χ3v) is 4.78. The molecule has 0 spiro atoms. The summed E-state index contributed by atoms with van der Waals surface area (Å²) in [4.78, 5) is 31.6. The first-order valence-corrected chi connectivity index (χ1v) is 12.5. The van der Waals surface area contributed by atoms with Gasteiger partial charge in [-0.1, -0.05) is 66.7 Å². The second kappa shape index (κ2) is 20.7. The molecule has 1 atom stereocenters. The zero-order valence-corrected chi connectivity index (χ0v) is 23.6. The highest BCUT2D eigenvalue weighted by molar-refractivity contribution is 5.82. The van der Waals surface area contributed by atoms with Crippen molar-refractivity contribution in [2.45, 2.75) is 68.2 Å². The fourth-order valence-electron chi connectivity index (χ4n) is 2.85. The summed E-state index contributed by atoms with van der Waals surface area (Å²) in [5.74, 6) is 1.26. The number of aromatic amines is 1. The predicted molar refractivity (Wildman–Crippen MR) is 148 cm³/mol. The normalized spacial score (nSPS) is 13.9. The highest BCUT2D eigenvalue weighted by Gasteiger charge is 2.22. The number of aromatic nitrogens is 3. The third-order valence-electron chi connectivity index (χ3n) is 4.78. The summed E-state index contributed by atoms with van der Waals surface area (Å²) in [5, 5.41) is 3.17. The number of H-pyrrole nitrogens is 1. The zero-order valence-electron chi connectivity index (χ0n) is 23.6. The summed E-state index contributed by atoms with van der Waals surface area (Å²) >= 11 is 0. The fraction of sp³-hybridized carbons (Fsp3) is 0.571. The van der Waals surface area contributed by atoms with Gasteiger partial charge in [0.2, 0.25) is 0 Å². The van der Waals surface area contributed by atoms with E-state index >= 15 is 0 Å².